The number of halogens is 1. The first kappa shape index (κ1) is 14.1. The summed E-state index contributed by atoms with van der Waals surface area (Å²) in [6, 6.07) is 6.51. The lowest BCUT2D eigenvalue weighted by molar-refractivity contribution is 0.132. The van der Waals surface area contributed by atoms with Crippen LogP contribution in [0.5, 0.6) is 0 Å². The third-order valence-electron chi connectivity index (χ3n) is 2.61. The molecular formula is C13H21FN2O. The van der Waals surface area contributed by atoms with Crippen LogP contribution in [-0.2, 0) is 0 Å². The summed E-state index contributed by atoms with van der Waals surface area (Å²) in [6.45, 7) is 3.15. The molecule has 1 rings (SSSR count). The van der Waals surface area contributed by atoms with Gasteiger partial charge in [-0.3, -0.25) is 0 Å². The zero-order valence-corrected chi connectivity index (χ0v) is 10.7. The number of aliphatic hydroxyl groups excluding tert-OH is 1. The number of nitrogens with one attached hydrogen (secondary N) is 1. The number of hydrogen-bond donors (Lipinski definition) is 2. The summed E-state index contributed by atoms with van der Waals surface area (Å²) in [5, 5.41) is 12.9. The zero-order chi connectivity index (χ0) is 12.8. The number of benzene rings is 1. The summed E-state index contributed by atoms with van der Waals surface area (Å²) in [7, 11) is 3.85. The molecule has 2 atom stereocenters. The molecule has 3 nitrogen and oxygen atoms in total. The second kappa shape index (κ2) is 6.69. The van der Waals surface area contributed by atoms with E-state index in [1.807, 2.05) is 25.9 Å². The number of nitrogens with zero attached hydrogens (tertiary/aromatic N) is 1. The van der Waals surface area contributed by atoms with Crippen LogP contribution < -0.4 is 5.32 Å². The normalized spacial score (nSPS) is 14.9. The van der Waals surface area contributed by atoms with Gasteiger partial charge in [-0.05, 0) is 38.7 Å². The van der Waals surface area contributed by atoms with Gasteiger partial charge in [0.1, 0.15) is 5.82 Å². The molecule has 96 valence electrons. The van der Waals surface area contributed by atoms with Gasteiger partial charge in [0.25, 0.3) is 0 Å². The highest BCUT2D eigenvalue weighted by atomic mass is 19.1. The van der Waals surface area contributed by atoms with Crippen molar-refractivity contribution in [3.8, 4) is 0 Å². The molecule has 0 amide bonds. The first-order valence-corrected chi connectivity index (χ1v) is 5.80. The minimum absolute atomic E-state index is 0.104. The topological polar surface area (TPSA) is 35.5 Å². The maximum absolute atomic E-state index is 12.7. The van der Waals surface area contributed by atoms with E-state index in [1.165, 1.54) is 12.1 Å². The number of hydrogen-bond acceptors (Lipinski definition) is 3. The Balaban J connectivity index is 2.39. The third-order valence-corrected chi connectivity index (χ3v) is 2.61. The third kappa shape index (κ3) is 5.26. The van der Waals surface area contributed by atoms with Crippen molar-refractivity contribution in [1.82, 2.24) is 10.2 Å². The van der Waals surface area contributed by atoms with E-state index in [1.54, 1.807) is 12.1 Å². The lowest BCUT2D eigenvalue weighted by atomic mass is 10.1. The fourth-order valence-corrected chi connectivity index (χ4v) is 1.67. The van der Waals surface area contributed by atoms with E-state index in [0.29, 0.717) is 13.1 Å². The van der Waals surface area contributed by atoms with Crippen LogP contribution in [0.2, 0.25) is 0 Å². The maximum atomic E-state index is 12.7. The highest BCUT2D eigenvalue weighted by Gasteiger charge is 2.09. The molecule has 0 saturated heterocycles. The summed E-state index contributed by atoms with van der Waals surface area (Å²) in [4.78, 5) is 1.94. The molecule has 0 bridgehead atoms. The Kier molecular flexibility index (Phi) is 5.55. The predicted molar refractivity (Wildman–Crippen MR) is 67.4 cm³/mol. The summed E-state index contributed by atoms with van der Waals surface area (Å²) < 4.78 is 12.7. The van der Waals surface area contributed by atoms with E-state index in [0.717, 1.165) is 5.56 Å². The van der Waals surface area contributed by atoms with Gasteiger partial charge < -0.3 is 15.3 Å². The van der Waals surface area contributed by atoms with E-state index in [9.17, 15) is 9.50 Å². The molecule has 0 saturated carbocycles. The van der Waals surface area contributed by atoms with Crippen molar-refractivity contribution in [3.63, 3.8) is 0 Å². The van der Waals surface area contributed by atoms with Crippen molar-refractivity contribution >= 4 is 0 Å². The van der Waals surface area contributed by atoms with Gasteiger partial charge in [0.2, 0.25) is 0 Å². The molecule has 1 aromatic rings. The van der Waals surface area contributed by atoms with Gasteiger partial charge in [-0.2, -0.15) is 0 Å². The molecule has 1 unspecified atom stereocenters. The minimum atomic E-state index is -0.395. The standard InChI is InChI=1S/C13H21FN2O/c1-10(11-4-6-12(14)7-5-11)15-8-13(17)9-16(2)3/h4-7,10,13,15,17H,8-9H2,1-3H3/t10-,13?/m0/s1. The lowest BCUT2D eigenvalue weighted by Gasteiger charge is -2.20. The minimum Gasteiger partial charge on any atom is -0.390 e. The molecule has 0 aliphatic heterocycles. The Morgan fingerprint density at radius 2 is 1.88 bits per heavy atom. The maximum Gasteiger partial charge on any atom is 0.123 e. The first-order valence-electron chi connectivity index (χ1n) is 5.80. The van der Waals surface area contributed by atoms with Crippen molar-refractivity contribution < 1.29 is 9.50 Å². The van der Waals surface area contributed by atoms with Crippen LogP contribution in [0, 0.1) is 5.82 Å². The van der Waals surface area contributed by atoms with Crippen molar-refractivity contribution in [3.05, 3.63) is 35.6 Å². The molecule has 0 heterocycles. The van der Waals surface area contributed by atoms with Gasteiger partial charge in [-0.15, -0.1) is 0 Å². The average Bonchev–Trinajstić information content (AvgIpc) is 2.26. The highest BCUT2D eigenvalue weighted by Crippen LogP contribution is 2.12. The lowest BCUT2D eigenvalue weighted by Crippen LogP contribution is -2.36. The zero-order valence-electron chi connectivity index (χ0n) is 10.7. The summed E-state index contributed by atoms with van der Waals surface area (Å²) in [5.41, 5.74) is 1.02. The van der Waals surface area contributed by atoms with E-state index < -0.39 is 6.10 Å². The molecule has 0 spiro atoms. The Morgan fingerprint density at radius 3 is 2.41 bits per heavy atom. The van der Waals surface area contributed by atoms with Gasteiger partial charge in [0.05, 0.1) is 6.10 Å². The summed E-state index contributed by atoms with van der Waals surface area (Å²) >= 11 is 0. The molecule has 17 heavy (non-hydrogen) atoms. The Bertz CT molecular complexity index is 327. The van der Waals surface area contributed by atoms with E-state index in [4.69, 9.17) is 0 Å². The van der Waals surface area contributed by atoms with E-state index in [2.05, 4.69) is 5.32 Å². The molecule has 0 radical (unpaired) electrons. The van der Waals surface area contributed by atoms with Crippen LogP contribution in [0.15, 0.2) is 24.3 Å². The van der Waals surface area contributed by atoms with Gasteiger partial charge >= 0.3 is 0 Å². The molecule has 2 N–H and O–H groups in total. The largest absolute Gasteiger partial charge is 0.390 e. The Labute approximate surface area is 102 Å². The molecule has 0 aromatic heterocycles. The Morgan fingerprint density at radius 1 is 1.29 bits per heavy atom. The Hall–Kier alpha value is -0.970. The first-order chi connectivity index (χ1) is 7.99. The SMILES string of the molecule is C[C@H](NCC(O)CN(C)C)c1ccc(F)cc1. The summed E-state index contributed by atoms with van der Waals surface area (Å²) in [5.74, 6) is -0.228. The van der Waals surface area contributed by atoms with E-state index >= 15 is 0 Å². The second-order valence-corrected chi connectivity index (χ2v) is 4.60. The van der Waals surface area contributed by atoms with Crippen LogP contribution in [0.3, 0.4) is 0 Å². The number of likely N-dealkylation sites (N-methyl/N-ethyl adjacent to an activating group) is 1. The van der Waals surface area contributed by atoms with Crippen LogP contribution in [0.4, 0.5) is 4.39 Å². The van der Waals surface area contributed by atoms with Gasteiger partial charge in [-0.1, -0.05) is 12.1 Å². The van der Waals surface area contributed by atoms with Crippen LogP contribution in [-0.4, -0.2) is 43.3 Å². The van der Waals surface area contributed by atoms with E-state index in [-0.39, 0.29) is 11.9 Å². The van der Waals surface area contributed by atoms with Crippen molar-refractivity contribution in [2.75, 3.05) is 27.2 Å². The van der Waals surface area contributed by atoms with Crippen LogP contribution >= 0.6 is 0 Å². The predicted octanol–water partition coefficient (Wildman–Crippen LogP) is 1.40. The monoisotopic (exact) mass is 240 g/mol. The molecule has 4 heteroatoms. The van der Waals surface area contributed by atoms with Gasteiger partial charge in [-0.25, -0.2) is 4.39 Å². The van der Waals surface area contributed by atoms with Crippen LogP contribution in [0.25, 0.3) is 0 Å². The number of aliphatic hydroxyl groups is 1. The van der Waals surface area contributed by atoms with Gasteiger partial charge in [0.15, 0.2) is 0 Å². The van der Waals surface area contributed by atoms with Crippen molar-refractivity contribution in [2.45, 2.75) is 19.1 Å². The van der Waals surface area contributed by atoms with Crippen molar-refractivity contribution in [1.29, 1.82) is 0 Å². The fourth-order valence-electron chi connectivity index (χ4n) is 1.67. The average molecular weight is 240 g/mol. The highest BCUT2D eigenvalue weighted by molar-refractivity contribution is 5.19. The smallest absolute Gasteiger partial charge is 0.123 e. The second-order valence-electron chi connectivity index (χ2n) is 4.60. The van der Waals surface area contributed by atoms with Gasteiger partial charge in [0, 0.05) is 19.1 Å². The van der Waals surface area contributed by atoms with Crippen LogP contribution in [0.1, 0.15) is 18.5 Å². The summed E-state index contributed by atoms with van der Waals surface area (Å²) in [6.07, 6.45) is -0.395. The molecule has 1 aromatic carbocycles. The fraction of sp³-hybridized carbons (Fsp3) is 0.538. The molecular weight excluding hydrogens is 219 g/mol. The number of rotatable bonds is 6. The molecule has 0 fully saturated rings. The quantitative estimate of drug-likeness (QED) is 0.789. The molecule has 0 aliphatic rings. The van der Waals surface area contributed by atoms with Crippen molar-refractivity contribution in [2.24, 2.45) is 0 Å². The molecule has 0 aliphatic carbocycles.